The molecule has 19 heavy (non-hydrogen) atoms. The number of methoxy groups -OCH3 is 1. The number of likely N-dealkylation sites (tertiary alicyclic amines) is 2. The van der Waals surface area contributed by atoms with E-state index in [0.29, 0.717) is 13.1 Å². The number of amides is 2. The van der Waals surface area contributed by atoms with Gasteiger partial charge in [-0.3, -0.25) is 0 Å². The number of aliphatic hydroxyl groups excluding tert-OH is 1. The molecule has 2 heterocycles. The Labute approximate surface area is 111 Å². The summed E-state index contributed by atoms with van der Waals surface area (Å²) in [7, 11) is 1.61. The Morgan fingerprint density at radius 3 is 2.68 bits per heavy atom. The van der Waals surface area contributed by atoms with Crippen LogP contribution in [0.15, 0.2) is 0 Å². The van der Waals surface area contributed by atoms with Crippen molar-refractivity contribution >= 4 is 12.0 Å². The topological polar surface area (TPSA) is 90.3 Å². The van der Waals surface area contributed by atoms with Crippen molar-refractivity contribution in [2.45, 2.75) is 37.5 Å². The maximum atomic E-state index is 12.3. The van der Waals surface area contributed by atoms with E-state index < -0.39 is 18.1 Å². The lowest BCUT2D eigenvalue weighted by molar-refractivity contribution is -0.141. The predicted molar refractivity (Wildman–Crippen MR) is 65.8 cm³/mol. The third-order valence-electron chi connectivity index (χ3n) is 3.79. The van der Waals surface area contributed by atoms with Crippen molar-refractivity contribution in [3.63, 3.8) is 0 Å². The molecule has 1 unspecified atom stereocenters. The van der Waals surface area contributed by atoms with Crippen LogP contribution in [0.1, 0.15) is 19.3 Å². The molecular formula is C12H20N2O5. The maximum absolute atomic E-state index is 12.3. The first-order valence-corrected chi connectivity index (χ1v) is 6.52. The van der Waals surface area contributed by atoms with Crippen molar-refractivity contribution in [1.82, 2.24) is 9.80 Å². The fraction of sp³-hybridized carbons (Fsp3) is 0.833. The van der Waals surface area contributed by atoms with E-state index in [9.17, 15) is 14.7 Å². The smallest absolute Gasteiger partial charge is 0.326 e. The second kappa shape index (κ2) is 5.75. The summed E-state index contributed by atoms with van der Waals surface area (Å²) in [5.41, 5.74) is 0. The van der Waals surface area contributed by atoms with Crippen LogP contribution in [0.4, 0.5) is 4.79 Å². The van der Waals surface area contributed by atoms with Gasteiger partial charge in [-0.25, -0.2) is 9.59 Å². The van der Waals surface area contributed by atoms with Gasteiger partial charge in [-0.1, -0.05) is 0 Å². The molecule has 2 saturated heterocycles. The first kappa shape index (κ1) is 14.1. The van der Waals surface area contributed by atoms with Gasteiger partial charge < -0.3 is 24.7 Å². The fourth-order valence-corrected chi connectivity index (χ4v) is 2.75. The zero-order valence-corrected chi connectivity index (χ0v) is 11.0. The van der Waals surface area contributed by atoms with Gasteiger partial charge in [-0.05, 0) is 12.8 Å². The molecule has 2 fully saturated rings. The normalized spacial score (nSPS) is 31.6. The van der Waals surface area contributed by atoms with Crippen LogP contribution in [-0.2, 0) is 9.53 Å². The molecule has 0 aromatic carbocycles. The van der Waals surface area contributed by atoms with Gasteiger partial charge in [0.1, 0.15) is 6.04 Å². The van der Waals surface area contributed by atoms with Gasteiger partial charge in [-0.15, -0.1) is 0 Å². The quantitative estimate of drug-likeness (QED) is 0.722. The minimum absolute atomic E-state index is 0.00787. The summed E-state index contributed by atoms with van der Waals surface area (Å²) in [6.45, 7) is 1.18. The number of β-amino-alcohol motifs (C(OH)–C–C–N with tert-alkyl or cyclic N) is 1. The number of urea groups is 1. The zero-order chi connectivity index (χ0) is 14.0. The van der Waals surface area contributed by atoms with E-state index in [1.54, 1.807) is 12.0 Å². The third kappa shape index (κ3) is 2.98. The molecule has 7 heteroatoms. The van der Waals surface area contributed by atoms with Crippen LogP contribution in [0.25, 0.3) is 0 Å². The summed E-state index contributed by atoms with van der Waals surface area (Å²) in [6.07, 6.45) is 1.10. The molecule has 108 valence electrons. The van der Waals surface area contributed by atoms with Gasteiger partial charge in [0, 0.05) is 33.2 Å². The van der Waals surface area contributed by atoms with Crippen molar-refractivity contribution < 1.29 is 24.5 Å². The Kier molecular flexibility index (Phi) is 4.26. The Hall–Kier alpha value is -1.34. The first-order valence-electron chi connectivity index (χ1n) is 6.52. The largest absolute Gasteiger partial charge is 0.480 e. The second-order valence-electron chi connectivity index (χ2n) is 5.12. The van der Waals surface area contributed by atoms with E-state index in [-0.39, 0.29) is 25.1 Å². The molecule has 0 aliphatic carbocycles. The molecule has 7 nitrogen and oxygen atoms in total. The minimum atomic E-state index is -1.06. The highest BCUT2D eigenvalue weighted by Gasteiger charge is 2.41. The van der Waals surface area contributed by atoms with Gasteiger partial charge in [-0.2, -0.15) is 0 Å². The van der Waals surface area contributed by atoms with Crippen LogP contribution in [0.3, 0.4) is 0 Å². The number of carboxylic acid groups (broad SMARTS) is 1. The Morgan fingerprint density at radius 1 is 1.32 bits per heavy atom. The van der Waals surface area contributed by atoms with Gasteiger partial charge in [0.15, 0.2) is 0 Å². The fourth-order valence-electron chi connectivity index (χ4n) is 2.75. The Bertz CT molecular complexity index is 362. The summed E-state index contributed by atoms with van der Waals surface area (Å²) >= 11 is 0. The summed E-state index contributed by atoms with van der Waals surface area (Å²) in [5, 5.41) is 18.7. The van der Waals surface area contributed by atoms with Gasteiger partial charge in [0.25, 0.3) is 0 Å². The van der Waals surface area contributed by atoms with Crippen LogP contribution < -0.4 is 0 Å². The third-order valence-corrected chi connectivity index (χ3v) is 3.79. The molecule has 2 N–H and O–H groups in total. The van der Waals surface area contributed by atoms with Crippen LogP contribution in [0, 0.1) is 0 Å². The Morgan fingerprint density at radius 2 is 2.05 bits per heavy atom. The molecule has 0 bridgehead atoms. The number of aliphatic carboxylic acids is 1. The highest BCUT2D eigenvalue weighted by atomic mass is 16.5. The number of carboxylic acids is 1. The molecule has 2 aliphatic heterocycles. The molecule has 0 radical (unpaired) electrons. The summed E-state index contributed by atoms with van der Waals surface area (Å²) < 4.78 is 5.25. The minimum Gasteiger partial charge on any atom is -0.480 e. The number of carbonyl (C=O) groups excluding carboxylic acids is 1. The number of rotatable bonds is 2. The SMILES string of the molecule is COC1CCCN(C(=O)N2C[C@@H](O)C[C@H]2C(=O)O)C1. The van der Waals surface area contributed by atoms with Crippen LogP contribution >= 0.6 is 0 Å². The molecule has 2 aliphatic rings. The number of hydrogen-bond acceptors (Lipinski definition) is 4. The number of piperidine rings is 1. The summed E-state index contributed by atoms with van der Waals surface area (Å²) in [5.74, 6) is -1.06. The molecule has 3 atom stereocenters. The standard InChI is InChI=1S/C12H20N2O5/c1-19-9-3-2-4-13(7-9)12(18)14-6-8(15)5-10(14)11(16)17/h8-10,15H,2-7H2,1H3,(H,16,17)/t8-,9?,10-/m0/s1. The van der Waals surface area contributed by atoms with Crippen molar-refractivity contribution in [2.75, 3.05) is 26.7 Å². The summed E-state index contributed by atoms with van der Waals surface area (Å²) in [4.78, 5) is 26.3. The highest BCUT2D eigenvalue weighted by molar-refractivity contribution is 5.83. The average Bonchev–Trinajstić information content (AvgIpc) is 2.80. The van der Waals surface area contributed by atoms with Gasteiger partial charge in [0.2, 0.25) is 0 Å². The average molecular weight is 272 g/mol. The van der Waals surface area contributed by atoms with Crippen LogP contribution in [-0.4, -0.2) is 77.0 Å². The predicted octanol–water partition coefficient (Wildman–Crippen LogP) is -0.263. The number of hydrogen-bond donors (Lipinski definition) is 2. The molecule has 2 amide bonds. The van der Waals surface area contributed by atoms with Crippen LogP contribution in [0.2, 0.25) is 0 Å². The molecule has 0 aromatic heterocycles. The van der Waals surface area contributed by atoms with E-state index in [4.69, 9.17) is 9.84 Å². The van der Waals surface area contributed by atoms with E-state index in [1.165, 1.54) is 4.90 Å². The monoisotopic (exact) mass is 272 g/mol. The van der Waals surface area contributed by atoms with Crippen molar-refractivity contribution in [3.05, 3.63) is 0 Å². The number of ether oxygens (including phenoxy) is 1. The van der Waals surface area contributed by atoms with E-state index >= 15 is 0 Å². The first-order chi connectivity index (χ1) is 9.02. The molecule has 0 saturated carbocycles. The lowest BCUT2D eigenvalue weighted by atomic mass is 10.1. The highest BCUT2D eigenvalue weighted by Crippen LogP contribution is 2.22. The second-order valence-corrected chi connectivity index (χ2v) is 5.12. The van der Waals surface area contributed by atoms with E-state index in [0.717, 1.165) is 12.8 Å². The van der Waals surface area contributed by atoms with Crippen LogP contribution in [0.5, 0.6) is 0 Å². The van der Waals surface area contributed by atoms with Crippen molar-refractivity contribution in [2.24, 2.45) is 0 Å². The molecule has 2 rings (SSSR count). The maximum Gasteiger partial charge on any atom is 0.326 e. The number of aliphatic hydroxyl groups is 1. The Balaban J connectivity index is 2.03. The van der Waals surface area contributed by atoms with E-state index in [1.807, 2.05) is 0 Å². The van der Waals surface area contributed by atoms with E-state index in [2.05, 4.69) is 0 Å². The summed E-state index contributed by atoms with van der Waals surface area (Å²) in [6, 6.07) is -1.24. The lowest BCUT2D eigenvalue weighted by Crippen LogP contribution is -2.52. The molecule has 0 aromatic rings. The number of nitrogens with zero attached hydrogens (tertiary/aromatic N) is 2. The van der Waals surface area contributed by atoms with Gasteiger partial charge in [0.05, 0.1) is 12.2 Å². The lowest BCUT2D eigenvalue weighted by Gasteiger charge is -2.35. The van der Waals surface area contributed by atoms with Crippen molar-refractivity contribution in [3.8, 4) is 0 Å². The number of carbonyl (C=O) groups is 2. The molecular weight excluding hydrogens is 252 g/mol. The van der Waals surface area contributed by atoms with Gasteiger partial charge >= 0.3 is 12.0 Å². The molecule has 0 spiro atoms. The zero-order valence-electron chi connectivity index (χ0n) is 11.0. The van der Waals surface area contributed by atoms with Crippen molar-refractivity contribution in [1.29, 1.82) is 0 Å².